The van der Waals surface area contributed by atoms with Crippen LogP contribution in [0.15, 0.2) is 23.1 Å². The lowest BCUT2D eigenvalue weighted by Gasteiger charge is -2.32. The average Bonchev–Trinajstić information content (AvgIpc) is 2.94. The van der Waals surface area contributed by atoms with Crippen LogP contribution < -0.4 is 0 Å². The van der Waals surface area contributed by atoms with Crippen molar-refractivity contribution in [2.24, 2.45) is 0 Å². The Morgan fingerprint density at radius 2 is 1.93 bits per heavy atom. The Labute approximate surface area is 171 Å². The highest BCUT2D eigenvalue weighted by Crippen LogP contribution is 2.42. The third kappa shape index (κ3) is 4.00. The summed E-state index contributed by atoms with van der Waals surface area (Å²) < 4.78 is 28.6. The molecule has 1 heterocycles. The van der Waals surface area contributed by atoms with Crippen LogP contribution >= 0.6 is 23.4 Å². The van der Waals surface area contributed by atoms with Gasteiger partial charge in [0.1, 0.15) is 4.90 Å². The predicted molar refractivity (Wildman–Crippen MR) is 112 cm³/mol. The zero-order valence-electron chi connectivity index (χ0n) is 16.7. The largest absolute Gasteiger partial charge is 0.349 e. The topological polar surface area (TPSA) is 63.9 Å². The molecule has 0 aromatic heterocycles. The van der Waals surface area contributed by atoms with E-state index in [2.05, 4.69) is 18.4 Å². The van der Waals surface area contributed by atoms with Crippen molar-refractivity contribution in [1.82, 2.24) is 9.21 Å². The molecule has 0 spiro atoms. The van der Waals surface area contributed by atoms with E-state index in [4.69, 9.17) is 11.6 Å². The minimum Gasteiger partial charge on any atom is -0.349 e. The number of halogens is 1. The molecule has 6 nitrogen and oxygen atoms in total. The lowest BCUT2D eigenvalue weighted by Crippen LogP contribution is -2.50. The number of nitrogens with zero attached hydrogens (tertiary/aromatic N) is 3. The third-order valence-electron chi connectivity index (χ3n) is 4.71. The van der Waals surface area contributed by atoms with E-state index in [0.717, 1.165) is 22.6 Å². The number of benzene rings is 1. The maximum atomic E-state index is 12.6. The van der Waals surface area contributed by atoms with Crippen LogP contribution in [0.5, 0.6) is 0 Å². The van der Waals surface area contributed by atoms with Crippen LogP contribution in [0, 0.1) is 0 Å². The van der Waals surface area contributed by atoms with E-state index < -0.39 is 15.7 Å². The summed E-state index contributed by atoms with van der Waals surface area (Å²) in [6.45, 7) is 9.87. The van der Waals surface area contributed by atoms with E-state index in [1.807, 2.05) is 18.7 Å². The first-order valence-electron chi connectivity index (χ1n) is 8.99. The van der Waals surface area contributed by atoms with Gasteiger partial charge in [-0.25, -0.2) is 17.6 Å². The number of hydrogen-bond acceptors (Lipinski definition) is 4. The molecule has 1 saturated heterocycles. The second-order valence-electron chi connectivity index (χ2n) is 6.96. The van der Waals surface area contributed by atoms with Crippen molar-refractivity contribution in [1.29, 1.82) is 0 Å². The Morgan fingerprint density at radius 1 is 1.33 bits per heavy atom. The highest BCUT2D eigenvalue weighted by molar-refractivity contribution is 8.13. The molecule has 0 radical (unpaired) electrons. The standard InChI is InChI=1S/C18H29ClN3O3S2/c1-7-21(8-2)17-22(13(3)4)18(23,12-26-17)14-9-10-15(19)16(11-14)27(24,25)20(5)6/h9-11,13,23H,7-8,12H2,1-6H3/q+1. The minimum absolute atomic E-state index is 0.00471. The van der Waals surface area contributed by atoms with Crippen LogP contribution in [-0.2, 0) is 15.7 Å². The Kier molecular flexibility index (Phi) is 6.90. The van der Waals surface area contributed by atoms with Gasteiger partial charge in [0.25, 0.3) is 0 Å². The van der Waals surface area contributed by atoms with Crippen molar-refractivity contribution in [3.63, 3.8) is 0 Å². The molecular weight excluding hydrogens is 406 g/mol. The molecule has 0 amide bonds. The molecule has 27 heavy (non-hydrogen) atoms. The van der Waals surface area contributed by atoms with E-state index in [9.17, 15) is 13.5 Å². The number of sulfonamides is 1. The number of amidine groups is 1. The fraction of sp³-hybridized carbons (Fsp3) is 0.611. The summed E-state index contributed by atoms with van der Waals surface area (Å²) in [7, 11) is -0.789. The first kappa shape index (κ1) is 22.5. The Bertz CT molecular complexity index is 834. The molecule has 1 aromatic rings. The van der Waals surface area contributed by atoms with Crippen LogP contribution in [0.4, 0.5) is 0 Å². The third-order valence-corrected chi connectivity index (χ3v) is 8.27. The molecule has 152 valence electrons. The summed E-state index contributed by atoms with van der Waals surface area (Å²) in [4.78, 5) is 1.98. The summed E-state index contributed by atoms with van der Waals surface area (Å²) in [6.07, 6.45) is 0. The number of hydrogen-bond donors (Lipinski definition) is 1. The second-order valence-corrected chi connectivity index (χ2v) is 10.4. The number of aliphatic hydroxyl groups is 1. The van der Waals surface area contributed by atoms with Gasteiger partial charge in [0.2, 0.25) is 15.7 Å². The number of thioether (sulfide) groups is 1. The van der Waals surface area contributed by atoms with Gasteiger partial charge in [-0.2, -0.15) is 0 Å². The Balaban J connectivity index is 2.65. The van der Waals surface area contributed by atoms with Gasteiger partial charge in [0.15, 0.2) is 0 Å². The monoisotopic (exact) mass is 434 g/mol. The maximum absolute atomic E-state index is 12.6. The Hall–Kier alpha value is -0.800. The van der Waals surface area contributed by atoms with Gasteiger partial charge < -0.3 is 5.11 Å². The summed E-state index contributed by atoms with van der Waals surface area (Å²) in [6, 6.07) is 4.78. The SMILES string of the molecule is CC[N+](CC)=C1SCC(O)(c2ccc(Cl)c(S(=O)(=O)N(C)C)c2)N1C(C)C. The fourth-order valence-electron chi connectivity index (χ4n) is 3.22. The van der Waals surface area contributed by atoms with Crippen LogP contribution in [0.25, 0.3) is 0 Å². The fourth-order valence-corrected chi connectivity index (χ4v) is 6.19. The van der Waals surface area contributed by atoms with Crippen molar-refractivity contribution < 1.29 is 18.1 Å². The molecule has 1 fully saturated rings. The summed E-state index contributed by atoms with van der Waals surface area (Å²) >= 11 is 7.77. The number of rotatable bonds is 6. The summed E-state index contributed by atoms with van der Waals surface area (Å²) in [5, 5.41) is 12.8. The molecule has 1 aliphatic heterocycles. The quantitative estimate of drug-likeness (QED) is 0.697. The van der Waals surface area contributed by atoms with Crippen LogP contribution in [-0.4, -0.2) is 71.5 Å². The molecule has 1 N–H and O–H groups in total. The Morgan fingerprint density at radius 3 is 2.41 bits per heavy atom. The van der Waals surface area contributed by atoms with Crippen molar-refractivity contribution in [2.75, 3.05) is 32.9 Å². The highest BCUT2D eigenvalue weighted by Gasteiger charge is 2.53. The van der Waals surface area contributed by atoms with E-state index >= 15 is 0 Å². The van der Waals surface area contributed by atoms with Crippen molar-refractivity contribution in [2.45, 2.75) is 44.4 Å². The molecule has 1 aromatic carbocycles. The van der Waals surface area contributed by atoms with E-state index in [-0.39, 0.29) is 16.0 Å². The normalized spacial score (nSPS) is 20.8. The predicted octanol–water partition coefficient (Wildman–Crippen LogP) is 2.60. The average molecular weight is 435 g/mol. The molecule has 0 saturated carbocycles. The van der Waals surface area contributed by atoms with E-state index in [0.29, 0.717) is 11.3 Å². The molecule has 0 aliphatic carbocycles. The molecule has 0 bridgehead atoms. The molecule has 1 aliphatic rings. The highest BCUT2D eigenvalue weighted by atomic mass is 35.5. The first-order chi connectivity index (χ1) is 12.5. The van der Waals surface area contributed by atoms with Gasteiger partial charge in [0, 0.05) is 19.7 Å². The van der Waals surface area contributed by atoms with Crippen LogP contribution in [0.3, 0.4) is 0 Å². The molecule has 9 heteroatoms. The van der Waals surface area contributed by atoms with Gasteiger partial charge in [0.05, 0.1) is 29.9 Å². The molecule has 2 rings (SSSR count). The molecule has 1 atom stereocenters. The van der Waals surface area contributed by atoms with E-state index in [1.54, 1.807) is 23.9 Å². The van der Waals surface area contributed by atoms with Crippen molar-refractivity contribution in [3.8, 4) is 0 Å². The summed E-state index contributed by atoms with van der Waals surface area (Å²) in [5.41, 5.74) is -0.784. The zero-order valence-corrected chi connectivity index (χ0v) is 19.1. The second kappa shape index (κ2) is 8.29. The van der Waals surface area contributed by atoms with Gasteiger partial charge in [-0.15, -0.1) is 0 Å². The van der Waals surface area contributed by atoms with Gasteiger partial charge in [-0.1, -0.05) is 17.7 Å². The zero-order chi connectivity index (χ0) is 20.6. The van der Waals surface area contributed by atoms with Gasteiger partial charge >= 0.3 is 5.17 Å². The minimum atomic E-state index is -3.72. The lowest BCUT2D eigenvalue weighted by molar-refractivity contribution is -0.523. The van der Waals surface area contributed by atoms with E-state index in [1.165, 1.54) is 20.2 Å². The van der Waals surface area contributed by atoms with Crippen molar-refractivity contribution >= 4 is 38.6 Å². The maximum Gasteiger partial charge on any atom is 0.311 e. The van der Waals surface area contributed by atoms with Crippen LogP contribution in [0.2, 0.25) is 5.02 Å². The van der Waals surface area contributed by atoms with Gasteiger partial charge in [-0.05, 0) is 51.6 Å². The lowest BCUT2D eigenvalue weighted by atomic mass is 10.0. The van der Waals surface area contributed by atoms with Crippen molar-refractivity contribution in [3.05, 3.63) is 28.8 Å². The first-order valence-corrected chi connectivity index (χ1v) is 11.8. The molecular formula is C18H29ClN3O3S2+. The van der Waals surface area contributed by atoms with Gasteiger partial charge in [-0.3, -0.25) is 4.58 Å². The molecule has 1 unspecified atom stereocenters. The van der Waals surface area contributed by atoms with Crippen LogP contribution in [0.1, 0.15) is 33.3 Å². The summed E-state index contributed by atoms with van der Waals surface area (Å²) in [5.74, 6) is 0.417. The smallest absolute Gasteiger partial charge is 0.311 e.